The number of aryl methyl sites for hydroxylation is 1. The maximum atomic E-state index is 15.3. The van der Waals surface area contributed by atoms with Crippen LogP contribution < -0.4 is 0 Å². The van der Waals surface area contributed by atoms with Crippen molar-refractivity contribution in [3.05, 3.63) is 72.2 Å². The van der Waals surface area contributed by atoms with Gasteiger partial charge in [-0.25, -0.2) is 4.39 Å². The number of halogens is 1. The van der Waals surface area contributed by atoms with Crippen LogP contribution in [0.5, 0.6) is 0 Å². The van der Waals surface area contributed by atoms with Crippen LogP contribution in [0.4, 0.5) is 4.39 Å². The zero-order valence-electron chi connectivity index (χ0n) is 16.3. The van der Waals surface area contributed by atoms with Crippen LogP contribution >= 0.6 is 0 Å². The van der Waals surface area contributed by atoms with Crippen LogP contribution in [0.15, 0.2) is 55.2 Å². The highest BCUT2D eigenvalue weighted by Crippen LogP contribution is 2.31. The third-order valence-electron chi connectivity index (χ3n) is 5.27. The van der Waals surface area contributed by atoms with Gasteiger partial charge in [0.05, 0.1) is 22.6 Å². The summed E-state index contributed by atoms with van der Waals surface area (Å²) < 4.78 is 15.3. The largest absolute Gasteiger partial charge is 0.338 e. The normalized spacial score (nSPS) is 15.9. The molecule has 0 saturated carbocycles. The summed E-state index contributed by atoms with van der Waals surface area (Å²) in [6, 6.07) is 7.16. The van der Waals surface area contributed by atoms with Crippen LogP contribution in [0.1, 0.15) is 34.6 Å². The minimum atomic E-state index is -1.37. The van der Waals surface area contributed by atoms with Gasteiger partial charge in [0.25, 0.3) is 5.91 Å². The summed E-state index contributed by atoms with van der Waals surface area (Å²) in [6.45, 7) is 2.57. The van der Waals surface area contributed by atoms with Crippen molar-refractivity contribution in [1.29, 1.82) is 0 Å². The van der Waals surface area contributed by atoms with Crippen LogP contribution in [0, 0.1) is 6.92 Å². The van der Waals surface area contributed by atoms with E-state index in [-0.39, 0.29) is 25.2 Å². The lowest BCUT2D eigenvalue weighted by atomic mass is 9.88. The summed E-state index contributed by atoms with van der Waals surface area (Å²) in [5.41, 5.74) is 2.05. The van der Waals surface area contributed by atoms with Crippen LogP contribution in [0.25, 0.3) is 11.3 Å². The number of rotatable bonds is 4. The second kappa shape index (κ2) is 8.03. The van der Waals surface area contributed by atoms with Gasteiger partial charge < -0.3 is 4.90 Å². The molecule has 3 aromatic heterocycles. The van der Waals surface area contributed by atoms with Crippen molar-refractivity contribution in [2.45, 2.75) is 31.9 Å². The van der Waals surface area contributed by atoms with Gasteiger partial charge in [-0.3, -0.25) is 24.7 Å². The van der Waals surface area contributed by atoms with Gasteiger partial charge in [0.1, 0.15) is 5.67 Å². The highest BCUT2D eigenvalue weighted by molar-refractivity contribution is 5.99. The lowest BCUT2D eigenvalue weighted by Gasteiger charge is -2.36. The van der Waals surface area contributed by atoms with Crippen molar-refractivity contribution >= 4 is 5.91 Å². The molecule has 7 heteroatoms. The monoisotopic (exact) mass is 391 g/mol. The molecule has 0 atom stereocenters. The van der Waals surface area contributed by atoms with E-state index in [2.05, 4.69) is 19.9 Å². The van der Waals surface area contributed by atoms with Crippen molar-refractivity contribution in [1.82, 2.24) is 24.8 Å². The fourth-order valence-corrected chi connectivity index (χ4v) is 3.61. The molecule has 0 N–H and O–H groups in total. The van der Waals surface area contributed by atoms with E-state index in [0.29, 0.717) is 30.0 Å². The zero-order chi connectivity index (χ0) is 20.3. The van der Waals surface area contributed by atoms with E-state index in [1.54, 1.807) is 48.0 Å². The van der Waals surface area contributed by atoms with E-state index in [4.69, 9.17) is 0 Å². The summed E-state index contributed by atoms with van der Waals surface area (Å²) >= 11 is 0. The standard InChI is InChI=1S/C22H22FN5O/c1-16-14-27-18(15-26-16)13-22(23)6-11-28(12-7-22)21(29)19-3-2-8-25-20(19)17-4-9-24-10-5-17/h2-5,8-10,14-15H,6-7,11-13H2,1H3. The number of nitrogens with zero attached hydrogens (tertiary/aromatic N) is 5. The predicted molar refractivity (Wildman–Crippen MR) is 107 cm³/mol. The summed E-state index contributed by atoms with van der Waals surface area (Å²) in [5, 5.41) is 0. The molecule has 6 nitrogen and oxygen atoms in total. The number of piperidine rings is 1. The Morgan fingerprint density at radius 3 is 2.52 bits per heavy atom. The van der Waals surface area contributed by atoms with E-state index in [0.717, 1.165) is 11.3 Å². The number of aromatic nitrogens is 4. The molecule has 4 rings (SSSR count). The van der Waals surface area contributed by atoms with Crippen molar-refractivity contribution in [3.8, 4) is 11.3 Å². The summed E-state index contributed by atoms with van der Waals surface area (Å²) in [5.74, 6) is -0.123. The molecule has 0 bridgehead atoms. The summed E-state index contributed by atoms with van der Waals surface area (Å²) in [7, 11) is 0. The van der Waals surface area contributed by atoms with Crippen molar-refractivity contribution in [3.63, 3.8) is 0 Å². The Morgan fingerprint density at radius 2 is 1.83 bits per heavy atom. The van der Waals surface area contributed by atoms with Gasteiger partial charge in [0.2, 0.25) is 0 Å². The molecule has 1 amide bonds. The first-order valence-corrected chi connectivity index (χ1v) is 9.65. The highest BCUT2D eigenvalue weighted by atomic mass is 19.1. The molecule has 1 aliphatic heterocycles. The molecule has 4 heterocycles. The molecule has 0 spiro atoms. The second-order valence-electron chi connectivity index (χ2n) is 7.40. The number of carbonyl (C=O) groups is 1. The van der Waals surface area contributed by atoms with E-state index < -0.39 is 5.67 Å². The van der Waals surface area contributed by atoms with Crippen LogP contribution in [0.2, 0.25) is 0 Å². The van der Waals surface area contributed by atoms with Gasteiger partial charge in [0.15, 0.2) is 0 Å². The van der Waals surface area contributed by atoms with Crippen LogP contribution in [-0.2, 0) is 6.42 Å². The molecule has 1 aliphatic rings. The van der Waals surface area contributed by atoms with E-state index in [1.807, 2.05) is 19.1 Å². The molecule has 1 fully saturated rings. The smallest absolute Gasteiger partial charge is 0.256 e. The number of carbonyl (C=O) groups excluding carboxylic acids is 1. The first kappa shape index (κ1) is 19.1. The Balaban J connectivity index is 1.47. The zero-order valence-corrected chi connectivity index (χ0v) is 16.3. The molecule has 148 valence electrons. The number of hydrogen-bond donors (Lipinski definition) is 0. The molecule has 0 aromatic carbocycles. The van der Waals surface area contributed by atoms with Gasteiger partial charge in [-0.1, -0.05) is 0 Å². The fraction of sp³-hybridized carbons (Fsp3) is 0.318. The third kappa shape index (κ3) is 4.29. The SMILES string of the molecule is Cc1cnc(CC2(F)CCN(C(=O)c3cccnc3-c3ccncc3)CC2)cn1. The van der Waals surface area contributed by atoms with Gasteiger partial charge in [-0.05, 0) is 44.0 Å². The predicted octanol–water partition coefficient (Wildman–Crippen LogP) is 3.43. The van der Waals surface area contributed by atoms with E-state index in [9.17, 15) is 4.79 Å². The Morgan fingerprint density at radius 1 is 1.07 bits per heavy atom. The molecule has 0 radical (unpaired) electrons. The Bertz CT molecular complexity index is 986. The van der Waals surface area contributed by atoms with Gasteiger partial charge in [-0.2, -0.15) is 0 Å². The molecular formula is C22H22FN5O. The maximum Gasteiger partial charge on any atom is 0.256 e. The molecule has 0 unspecified atom stereocenters. The lowest BCUT2D eigenvalue weighted by molar-refractivity contribution is 0.0433. The molecule has 0 aliphatic carbocycles. The lowest BCUT2D eigenvalue weighted by Crippen LogP contribution is -2.45. The van der Waals surface area contributed by atoms with Gasteiger partial charge in [-0.15, -0.1) is 0 Å². The number of likely N-dealkylation sites (tertiary alicyclic amines) is 1. The maximum absolute atomic E-state index is 15.3. The Kier molecular flexibility index (Phi) is 5.29. The van der Waals surface area contributed by atoms with Crippen LogP contribution in [0.3, 0.4) is 0 Å². The van der Waals surface area contributed by atoms with E-state index in [1.165, 1.54) is 0 Å². The number of pyridine rings is 2. The van der Waals surface area contributed by atoms with E-state index >= 15 is 4.39 Å². The Hall–Kier alpha value is -3.22. The minimum Gasteiger partial charge on any atom is -0.338 e. The fourth-order valence-electron chi connectivity index (χ4n) is 3.61. The summed E-state index contributed by atoms with van der Waals surface area (Å²) in [6.07, 6.45) is 9.06. The van der Waals surface area contributed by atoms with Crippen molar-refractivity contribution in [2.24, 2.45) is 0 Å². The van der Waals surface area contributed by atoms with Crippen molar-refractivity contribution < 1.29 is 9.18 Å². The average Bonchev–Trinajstić information content (AvgIpc) is 2.76. The topological polar surface area (TPSA) is 71.9 Å². The number of hydrogen-bond acceptors (Lipinski definition) is 5. The van der Waals surface area contributed by atoms with Crippen LogP contribution in [-0.4, -0.2) is 49.5 Å². The Labute approximate surface area is 168 Å². The first-order valence-electron chi connectivity index (χ1n) is 9.65. The minimum absolute atomic E-state index is 0.123. The number of alkyl halides is 1. The third-order valence-corrected chi connectivity index (χ3v) is 5.27. The summed E-state index contributed by atoms with van der Waals surface area (Å²) in [4.78, 5) is 31.7. The average molecular weight is 391 g/mol. The molecule has 1 saturated heterocycles. The van der Waals surface area contributed by atoms with Crippen molar-refractivity contribution in [2.75, 3.05) is 13.1 Å². The second-order valence-corrected chi connectivity index (χ2v) is 7.40. The quantitative estimate of drug-likeness (QED) is 0.681. The van der Waals surface area contributed by atoms with Gasteiger partial charge >= 0.3 is 0 Å². The van der Waals surface area contributed by atoms with Gasteiger partial charge in [0, 0.05) is 56.1 Å². The molecule has 29 heavy (non-hydrogen) atoms. The highest BCUT2D eigenvalue weighted by Gasteiger charge is 2.37. The first-order chi connectivity index (χ1) is 14.0. The number of amides is 1. The molecule has 3 aromatic rings. The molecular weight excluding hydrogens is 369 g/mol.